The molecule has 0 fully saturated rings. The lowest BCUT2D eigenvalue weighted by molar-refractivity contribution is -0.173. The molecule has 16 heavy (non-hydrogen) atoms. The Morgan fingerprint density at radius 3 is 2.56 bits per heavy atom. The Morgan fingerprint density at radius 2 is 2.00 bits per heavy atom. The third-order valence-corrected chi connectivity index (χ3v) is 1.61. The smallest absolute Gasteiger partial charge is 0.370 e. The fourth-order valence-corrected chi connectivity index (χ4v) is 0.918. The highest BCUT2D eigenvalue weighted by atomic mass is 19.4. The summed E-state index contributed by atoms with van der Waals surface area (Å²) in [4.78, 5) is 11.0. The van der Waals surface area contributed by atoms with Gasteiger partial charge < -0.3 is 15.4 Å². The topological polar surface area (TPSA) is 50.4 Å². The van der Waals surface area contributed by atoms with Gasteiger partial charge in [0.1, 0.15) is 6.61 Å². The third kappa shape index (κ3) is 11.3. The van der Waals surface area contributed by atoms with Crippen molar-refractivity contribution in [2.75, 3.05) is 32.8 Å². The molecule has 0 aromatic heterocycles. The molecule has 0 aliphatic rings. The van der Waals surface area contributed by atoms with E-state index in [0.717, 1.165) is 6.54 Å². The van der Waals surface area contributed by atoms with E-state index in [0.29, 0.717) is 13.0 Å². The largest absolute Gasteiger partial charge is 0.411 e. The summed E-state index contributed by atoms with van der Waals surface area (Å²) in [6, 6.07) is 0. The second-order valence-electron chi connectivity index (χ2n) is 3.12. The first-order chi connectivity index (χ1) is 7.45. The third-order valence-electron chi connectivity index (χ3n) is 1.61. The van der Waals surface area contributed by atoms with Gasteiger partial charge in [0, 0.05) is 19.5 Å². The second kappa shape index (κ2) is 8.35. The van der Waals surface area contributed by atoms with Crippen LogP contribution in [-0.4, -0.2) is 44.9 Å². The second-order valence-corrected chi connectivity index (χ2v) is 3.12. The molecule has 0 saturated heterocycles. The highest BCUT2D eigenvalue weighted by molar-refractivity contribution is 5.75. The number of nitrogens with one attached hydrogen (secondary N) is 2. The van der Waals surface area contributed by atoms with Crippen molar-refractivity contribution in [2.24, 2.45) is 0 Å². The van der Waals surface area contributed by atoms with Crippen LogP contribution < -0.4 is 10.6 Å². The van der Waals surface area contributed by atoms with Crippen molar-refractivity contribution in [3.05, 3.63) is 0 Å². The molecule has 1 amide bonds. The zero-order valence-electron chi connectivity index (χ0n) is 9.19. The minimum Gasteiger partial charge on any atom is -0.370 e. The summed E-state index contributed by atoms with van der Waals surface area (Å²) in [7, 11) is 0. The molecule has 0 aliphatic carbocycles. The van der Waals surface area contributed by atoms with Gasteiger partial charge >= 0.3 is 6.18 Å². The van der Waals surface area contributed by atoms with Crippen LogP contribution in [0.15, 0.2) is 0 Å². The highest BCUT2D eigenvalue weighted by Crippen LogP contribution is 2.13. The molecular weight excluding hydrogens is 225 g/mol. The summed E-state index contributed by atoms with van der Waals surface area (Å²) >= 11 is 0. The molecule has 0 radical (unpaired) electrons. The quantitative estimate of drug-likeness (QED) is 0.615. The van der Waals surface area contributed by atoms with Crippen LogP contribution in [0.2, 0.25) is 0 Å². The lowest BCUT2D eigenvalue weighted by Gasteiger charge is -2.08. The monoisotopic (exact) mass is 242 g/mol. The van der Waals surface area contributed by atoms with Gasteiger partial charge in [-0.05, 0) is 6.54 Å². The van der Waals surface area contributed by atoms with Crippen molar-refractivity contribution in [3.8, 4) is 0 Å². The van der Waals surface area contributed by atoms with E-state index in [-0.39, 0.29) is 19.1 Å². The van der Waals surface area contributed by atoms with Crippen LogP contribution in [0.4, 0.5) is 13.2 Å². The molecule has 0 aromatic rings. The molecule has 96 valence electrons. The van der Waals surface area contributed by atoms with Gasteiger partial charge in [0.15, 0.2) is 0 Å². The molecule has 0 rings (SSSR count). The van der Waals surface area contributed by atoms with E-state index in [2.05, 4.69) is 15.4 Å². The normalized spacial score (nSPS) is 11.5. The fourth-order valence-electron chi connectivity index (χ4n) is 0.918. The van der Waals surface area contributed by atoms with Crippen LogP contribution in [0.3, 0.4) is 0 Å². The van der Waals surface area contributed by atoms with Gasteiger partial charge in [-0.1, -0.05) is 6.92 Å². The summed E-state index contributed by atoms with van der Waals surface area (Å²) in [6.07, 6.45) is -4.00. The van der Waals surface area contributed by atoms with Crippen molar-refractivity contribution in [1.29, 1.82) is 0 Å². The standard InChI is InChI=1S/C9H17F3N2O2/c1-2-13-4-3-8(15)14-5-6-16-7-9(10,11)12/h13H,2-7H2,1H3,(H,14,15). The Hall–Kier alpha value is -0.820. The number of rotatable bonds is 8. The Morgan fingerprint density at radius 1 is 1.31 bits per heavy atom. The summed E-state index contributed by atoms with van der Waals surface area (Å²) < 4.78 is 39.2. The molecule has 0 aromatic carbocycles. The van der Waals surface area contributed by atoms with Gasteiger partial charge in [-0.3, -0.25) is 4.79 Å². The number of hydrogen-bond acceptors (Lipinski definition) is 3. The molecule has 0 spiro atoms. The zero-order chi connectivity index (χ0) is 12.4. The van der Waals surface area contributed by atoms with Gasteiger partial charge in [0.25, 0.3) is 0 Å². The summed E-state index contributed by atoms with van der Waals surface area (Å²) in [5, 5.41) is 5.42. The van der Waals surface area contributed by atoms with E-state index in [1.807, 2.05) is 6.92 Å². The van der Waals surface area contributed by atoms with Crippen LogP contribution in [0, 0.1) is 0 Å². The molecule has 0 saturated carbocycles. The maximum Gasteiger partial charge on any atom is 0.411 e. The van der Waals surface area contributed by atoms with Crippen LogP contribution in [-0.2, 0) is 9.53 Å². The van der Waals surface area contributed by atoms with Crippen LogP contribution in [0.25, 0.3) is 0 Å². The number of halogens is 3. The minimum absolute atomic E-state index is 0.0983. The lowest BCUT2D eigenvalue weighted by Crippen LogP contribution is -2.31. The molecular formula is C9H17F3N2O2. The zero-order valence-corrected chi connectivity index (χ0v) is 9.19. The predicted octanol–water partition coefficient (Wildman–Crippen LogP) is 0.681. The van der Waals surface area contributed by atoms with Crippen molar-refractivity contribution < 1.29 is 22.7 Å². The SMILES string of the molecule is CCNCCC(=O)NCCOCC(F)(F)F. The van der Waals surface area contributed by atoms with E-state index in [9.17, 15) is 18.0 Å². The maximum absolute atomic E-state index is 11.6. The van der Waals surface area contributed by atoms with E-state index in [4.69, 9.17) is 0 Å². The molecule has 0 aliphatic heterocycles. The predicted molar refractivity (Wildman–Crippen MR) is 53.0 cm³/mol. The Kier molecular flexibility index (Phi) is 7.92. The van der Waals surface area contributed by atoms with Gasteiger partial charge in [-0.25, -0.2) is 0 Å². The maximum atomic E-state index is 11.6. The first kappa shape index (κ1) is 15.2. The van der Waals surface area contributed by atoms with Gasteiger partial charge in [-0.15, -0.1) is 0 Å². The average Bonchev–Trinajstić information content (AvgIpc) is 2.16. The van der Waals surface area contributed by atoms with E-state index in [1.165, 1.54) is 0 Å². The first-order valence-corrected chi connectivity index (χ1v) is 5.07. The van der Waals surface area contributed by atoms with Gasteiger partial charge in [-0.2, -0.15) is 13.2 Å². The number of amides is 1. The average molecular weight is 242 g/mol. The molecule has 0 bridgehead atoms. The van der Waals surface area contributed by atoms with E-state index in [1.54, 1.807) is 0 Å². The summed E-state index contributed by atoms with van der Waals surface area (Å²) in [6.45, 7) is 1.95. The summed E-state index contributed by atoms with van der Waals surface area (Å²) in [5.74, 6) is -0.198. The number of ether oxygens (including phenoxy) is 1. The Balaban J connectivity index is 3.28. The molecule has 4 nitrogen and oxygen atoms in total. The van der Waals surface area contributed by atoms with Gasteiger partial charge in [0.05, 0.1) is 6.61 Å². The molecule has 2 N–H and O–H groups in total. The van der Waals surface area contributed by atoms with Gasteiger partial charge in [0.2, 0.25) is 5.91 Å². The first-order valence-electron chi connectivity index (χ1n) is 5.07. The molecule has 0 unspecified atom stereocenters. The Bertz CT molecular complexity index is 198. The number of hydrogen-bond donors (Lipinski definition) is 2. The highest BCUT2D eigenvalue weighted by Gasteiger charge is 2.27. The van der Waals surface area contributed by atoms with Crippen LogP contribution in [0.5, 0.6) is 0 Å². The van der Waals surface area contributed by atoms with Crippen molar-refractivity contribution in [2.45, 2.75) is 19.5 Å². The minimum atomic E-state index is -4.31. The van der Waals surface area contributed by atoms with Crippen molar-refractivity contribution >= 4 is 5.91 Å². The molecule has 7 heteroatoms. The fraction of sp³-hybridized carbons (Fsp3) is 0.889. The van der Waals surface area contributed by atoms with E-state index >= 15 is 0 Å². The van der Waals surface area contributed by atoms with Crippen LogP contribution >= 0.6 is 0 Å². The van der Waals surface area contributed by atoms with Crippen molar-refractivity contribution in [3.63, 3.8) is 0 Å². The summed E-state index contributed by atoms with van der Waals surface area (Å²) in [5.41, 5.74) is 0. The molecule has 0 heterocycles. The van der Waals surface area contributed by atoms with E-state index < -0.39 is 12.8 Å². The lowest BCUT2D eigenvalue weighted by atomic mass is 10.4. The Labute approximate surface area is 92.5 Å². The number of carbonyl (C=O) groups is 1. The number of carbonyl (C=O) groups excluding carboxylic acids is 1. The van der Waals surface area contributed by atoms with Crippen LogP contribution in [0.1, 0.15) is 13.3 Å². The van der Waals surface area contributed by atoms with Crippen molar-refractivity contribution in [1.82, 2.24) is 10.6 Å². The number of alkyl halides is 3. The molecule has 0 atom stereocenters.